The van der Waals surface area contributed by atoms with Crippen LogP contribution in [0.4, 0.5) is 4.39 Å². The Morgan fingerprint density at radius 2 is 1.92 bits per heavy atom. The van der Waals surface area contributed by atoms with Crippen molar-refractivity contribution in [1.82, 2.24) is 5.32 Å². The lowest BCUT2D eigenvalue weighted by atomic mass is 10.1. The van der Waals surface area contributed by atoms with Crippen molar-refractivity contribution >= 4 is 5.91 Å². The molecule has 1 unspecified atom stereocenters. The second-order valence-electron chi connectivity index (χ2n) is 5.76. The van der Waals surface area contributed by atoms with E-state index in [9.17, 15) is 9.18 Å². The number of ether oxygens (including phenoxy) is 2. The van der Waals surface area contributed by atoms with Crippen molar-refractivity contribution < 1.29 is 18.7 Å². The fourth-order valence-corrected chi connectivity index (χ4v) is 2.32. The van der Waals surface area contributed by atoms with Crippen LogP contribution >= 0.6 is 0 Å². The number of benzene rings is 2. The van der Waals surface area contributed by atoms with Gasteiger partial charge < -0.3 is 14.8 Å². The van der Waals surface area contributed by atoms with Crippen LogP contribution in [0.3, 0.4) is 0 Å². The van der Waals surface area contributed by atoms with Crippen LogP contribution in [0, 0.1) is 5.82 Å². The molecule has 1 N–H and O–H groups in total. The van der Waals surface area contributed by atoms with E-state index >= 15 is 0 Å². The summed E-state index contributed by atoms with van der Waals surface area (Å²) in [6.45, 7) is 5.32. The normalized spacial score (nSPS) is 11.8. The third-order valence-corrected chi connectivity index (χ3v) is 3.66. The van der Waals surface area contributed by atoms with Gasteiger partial charge in [-0.05, 0) is 36.6 Å². The van der Waals surface area contributed by atoms with Gasteiger partial charge in [0.15, 0.2) is 6.10 Å². The van der Waals surface area contributed by atoms with E-state index in [1.165, 1.54) is 12.1 Å². The lowest BCUT2D eigenvalue weighted by Gasteiger charge is -2.16. The molecule has 1 atom stereocenters. The first-order chi connectivity index (χ1) is 12.1. The van der Waals surface area contributed by atoms with E-state index < -0.39 is 11.9 Å². The van der Waals surface area contributed by atoms with Crippen LogP contribution in [0.5, 0.6) is 5.75 Å². The van der Waals surface area contributed by atoms with Gasteiger partial charge in [0.1, 0.15) is 11.6 Å². The van der Waals surface area contributed by atoms with Gasteiger partial charge >= 0.3 is 0 Å². The lowest BCUT2D eigenvalue weighted by Crippen LogP contribution is -2.36. The van der Waals surface area contributed by atoms with Crippen molar-refractivity contribution in [2.24, 2.45) is 0 Å². The van der Waals surface area contributed by atoms with Crippen molar-refractivity contribution in [3.05, 3.63) is 65.5 Å². The van der Waals surface area contributed by atoms with Gasteiger partial charge in [0.2, 0.25) is 0 Å². The molecule has 0 saturated carbocycles. The molecule has 0 aromatic heterocycles. The molecule has 0 aliphatic rings. The van der Waals surface area contributed by atoms with E-state index in [-0.39, 0.29) is 5.91 Å². The Balaban J connectivity index is 1.88. The molecule has 0 fully saturated rings. The highest BCUT2D eigenvalue weighted by Crippen LogP contribution is 2.14. The number of rotatable bonds is 9. The zero-order valence-corrected chi connectivity index (χ0v) is 14.6. The van der Waals surface area contributed by atoms with Crippen LogP contribution in [0.2, 0.25) is 0 Å². The minimum absolute atomic E-state index is 0.256. The average molecular weight is 345 g/mol. The standard InChI is InChI=1S/C20H24FNO3/c1-3-11-24-14-17-8-5-4-7-16(17)13-22-20(23)15(2)25-19-10-6-9-18(21)12-19/h4-10,12,15H,3,11,13-14H2,1-2H3,(H,22,23). The molecule has 0 radical (unpaired) electrons. The topological polar surface area (TPSA) is 47.6 Å². The van der Waals surface area contributed by atoms with Crippen LogP contribution in [-0.2, 0) is 22.7 Å². The summed E-state index contributed by atoms with van der Waals surface area (Å²) in [5.41, 5.74) is 2.06. The summed E-state index contributed by atoms with van der Waals surface area (Å²) in [7, 11) is 0. The monoisotopic (exact) mass is 345 g/mol. The van der Waals surface area contributed by atoms with E-state index in [1.54, 1.807) is 19.1 Å². The second-order valence-corrected chi connectivity index (χ2v) is 5.76. The van der Waals surface area contributed by atoms with Gasteiger partial charge in [-0.25, -0.2) is 4.39 Å². The lowest BCUT2D eigenvalue weighted by molar-refractivity contribution is -0.127. The van der Waals surface area contributed by atoms with Crippen LogP contribution in [0.25, 0.3) is 0 Å². The zero-order valence-electron chi connectivity index (χ0n) is 14.6. The quantitative estimate of drug-likeness (QED) is 0.703. The Kier molecular flexibility index (Phi) is 7.41. The maximum atomic E-state index is 13.2. The molecule has 0 bridgehead atoms. The predicted molar refractivity (Wildman–Crippen MR) is 94.7 cm³/mol. The summed E-state index contributed by atoms with van der Waals surface area (Å²) in [6.07, 6.45) is 0.249. The maximum absolute atomic E-state index is 13.2. The molecule has 2 rings (SSSR count). The summed E-state index contributed by atoms with van der Waals surface area (Å²) in [4.78, 5) is 12.2. The Labute approximate surface area is 148 Å². The highest BCUT2D eigenvalue weighted by atomic mass is 19.1. The van der Waals surface area contributed by atoms with Gasteiger partial charge in [-0.3, -0.25) is 4.79 Å². The van der Waals surface area contributed by atoms with Gasteiger partial charge in [-0.2, -0.15) is 0 Å². The Morgan fingerprint density at radius 1 is 1.16 bits per heavy atom. The van der Waals surface area contributed by atoms with E-state index in [0.29, 0.717) is 25.5 Å². The van der Waals surface area contributed by atoms with Crippen LogP contribution in [-0.4, -0.2) is 18.6 Å². The van der Waals surface area contributed by atoms with Gasteiger partial charge in [0.05, 0.1) is 6.61 Å². The number of carbonyl (C=O) groups excluding carboxylic acids is 1. The van der Waals surface area contributed by atoms with Crippen LogP contribution in [0.1, 0.15) is 31.4 Å². The average Bonchev–Trinajstić information content (AvgIpc) is 2.60. The molecule has 2 aromatic carbocycles. The highest BCUT2D eigenvalue weighted by Gasteiger charge is 2.15. The van der Waals surface area contributed by atoms with Crippen molar-refractivity contribution in [3.8, 4) is 5.75 Å². The number of halogens is 1. The molecule has 5 heteroatoms. The summed E-state index contributed by atoms with van der Waals surface area (Å²) in [5, 5.41) is 2.85. The predicted octanol–water partition coefficient (Wildman–Crippen LogP) is 3.84. The third-order valence-electron chi connectivity index (χ3n) is 3.66. The minimum Gasteiger partial charge on any atom is -0.481 e. The molecule has 4 nitrogen and oxygen atoms in total. The molecule has 0 aliphatic carbocycles. The Bertz CT molecular complexity index is 690. The molecule has 2 aromatic rings. The molecular weight excluding hydrogens is 321 g/mol. The van der Waals surface area contributed by atoms with E-state index in [1.807, 2.05) is 24.3 Å². The van der Waals surface area contributed by atoms with Gasteiger partial charge in [-0.15, -0.1) is 0 Å². The molecule has 0 spiro atoms. The number of hydrogen-bond acceptors (Lipinski definition) is 3. The van der Waals surface area contributed by atoms with Gasteiger partial charge in [0.25, 0.3) is 5.91 Å². The molecule has 25 heavy (non-hydrogen) atoms. The number of hydrogen-bond donors (Lipinski definition) is 1. The smallest absolute Gasteiger partial charge is 0.261 e. The summed E-state index contributed by atoms with van der Waals surface area (Å²) < 4.78 is 24.2. The van der Waals surface area contributed by atoms with E-state index in [4.69, 9.17) is 9.47 Å². The fourth-order valence-electron chi connectivity index (χ4n) is 2.32. The number of carbonyl (C=O) groups is 1. The van der Waals surface area contributed by atoms with Crippen molar-refractivity contribution in [2.45, 2.75) is 39.5 Å². The zero-order chi connectivity index (χ0) is 18.1. The van der Waals surface area contributed by atoms with E-state index in [0.717, 1.165) is 17.5 Å². The fraction of sp³-hybridized carbons (Fsp3) is 0.350. The van der Waals surface area contributed by atoms with Crippen LogP contribution < -0.4 is 10.1 Å². The largest absolute Gasteiger partial charge is 0.481 e. The van der Waals surface area contributed by atoms with Crippen molar-refractivity contribution in [2.75, 3.05) is 6.61 Å². The molecule has 1 amide bonds. The van der Waals surface area contributed by atoms with E-state index in [2.05, 4.69) is 12.2 Å². The molecule has 0 aliphatic heterocycles. The Morgan fingerprint density at radius 3 is 2.64 bits per heavy atom. The number of nitrogens with one attached hydrogen (secondary N) is 1. The number of amides is 1. The molecule has 0 saturated heterocycles. The summed E-state index contributed by atoms with van der Waals surface area (Å²) in [5.74, 6) is -0.323. The first kappa shape index (κ1) is 18.9. The SMILES string of the molecule is CCCOCc1ccccc1CNC(=O)C(C)Oc1cccc(F)c1. The molecule has 0 heterocycles. The highest BCUT2D eigenvalue weighted by molar-refractivity contribution is 5.80. The van der Waals surface area contributed by atoms with Crippen LogP contribution in [0.15, 0.2) is 48.5 Å². The molecule has 134 valence electrons. The van der Waals surface area contributed by atoms with Crippen molar-refractivity contribution in [3.63, 3.8) is 0 Å². The Hall–Kier alpha value is -2.40. The van der Waals surface area contributed by atoms with Crippen molar-refractivity contribution in [1.29, 1.82) is 0 Å². The minimum atomic E-state index is -0.717. The second kappa shape index (κ2) is 9.79. The summed E-state index contributed by atoms with van der Waals surface area (Å²) in [6, 6.07) is 13.6. The first-order valence-electron chi connectivity index (χ1n) is 8.44. The van der Waals surface area contributed by atoms with Gasteiger partial charge in [-0.1, -0.05) is 37.3 Å². The maximum Gasteiger partial charge on any atom is 0.261 e. The third kappa shape index (κ3) is 6.19. The van der Waals surface area contributed by atoms with Gasteiger partial charge in [0, 0.05) is 19.2 Å². The molecular formula is C20H24FNO3. The summed E-state index contributed by atoms with van der Waals surface area (Å²) >= 11 is 0. The first-order valence-corrected chi connectivity index (χ1v) is 8.44.